The number of hydrogen-bond acceptors (Lipinski definition) is 5. The largest absolute Gasteiger partial charge is 0.481 e. The smallest absolute Gasteiger partial charge is 0.303 e. The summed E-state index contributed by atoms with van der Waals surface area (Å²) in [7, 11) is 0. The highest BCUT2D eigenvalue weighted by atomic mass is 16.4. The first kappa shape index (κ1) is 40.0. The first-order valence-corrected chi connectivity index (χ1v) is 16.1. The van der Waals surface area contributed by atoms with Gasteiger partial charge in [0.25, 0.3) is 0 Å². The lowest BCUT2D eigenvalue weighted by molar-refractivity contribution is -0.137. The van der Waals surface area contributed by atoms with Crippen LogP contribution in [0.5, 0.6) is 0 Å². The first-order chi connectivity index (χ1) is 19.4. The van der Waals surface area contributed by atoms with Crippen LogP contribution in [0.1, 0.15) is 149 Å². The molecule has 9 heteroatoms. The molecule has 1 rings (SSSR count). The predicted octanol–water partition coefficient (Wildman–Crippen LogP) is 5.60. The predicted molar refractivity (Wildman–Crippen MR) is 164 cm³/mol. The van der Waals surface area contributed by atoms with Crippen molar-refractivity contribution in [2.24, 2.45) is 5.73 Å². The van der Waals surface area contributed by atoms with E-state index in [-0.39, 0.29) is 24.1 Å². The Kier molecular flexibility index (Phi) is 33.0. The van der Waals surface area contributed by atoms with Gasteiger partial charge < -0.3 is 26.8 Å². The van der Waals surface area contributed by atoms with Gasteiger partial charge in [0, 0.05) is 45.3 Å². The van der Waals surface area contributed by atoms with Crippen LogP contribution in [-0.4, -0.2) is 55.0 Å². The van der Waals surface area contributed by atoms with Gasteiger partial charge >= 0.3 is 5.97 Å². The molecule has 0 atom stereocenters. The maximum absolute atomic E-state index is 11.3. The van der Waals surface area contributed by atoms with Gasteiger partial charge in [0.15, 0.2) is 0 Å². The van der Waals surface area contributed by atoms with Crippen molar-refractivity contribution >= 4 is 23.7 Å². The van der Waals surface area contributed by atoms with Crippen molar-refractivity contribution < 1.29 is 24.3 Å². The highest BCUT2D eigenvalue weighted by molar-refractivity contribution is 5.76. The summed E-state index contributed by atoms with van der Waals surface area (Å²) in [5.74, 6) is -0.337. The minimum absolute atomic E-state index is 0.0836. The van der Waals surface area contributed by atoms with Gasteiger partial charge in [-0.3, -0.25) is 19.2 Å². The number of amides is 3. The van der Waals surface area contributed by atoms with Crippen molar-refractivity contribution in [1.29, 1.82) is 0 Å². The molecule has 9 nitrogen and oxygen atoms in total. The second-order valence-corrected chi connectivity index (χ2v) is 10.5. The Morgan fingerprint density at radius 3 is 1.70 bits per heavy atom. The highest BCUT2D eigenvalue weighted by Crippen LogP contribution is 2.03. The minimum atomic E-state index is -0.756. The Balaban J connectivity index is 0. The minimum Gasteiger partial charge on any atom is -0.481 e. The second kappa shape index (κ2) is 33.0. The number of carbonyl (C=O) groups excluding carboxylic acids is 3. The number of nitrogens with one attached hydrogen (secondary N) is 3. The van der Waals surface area contributed by atoms with Crippen LogP contribution >= 0.6 is 0 Å². The molecule has 0 saturated carbocycles. The van der Waals surface area contributed by atoms with E-state index in [2.05, 4.69) is 29.8 Å². The molecule has 0 radical (unpaired) electrons. The molecule has 1 fully saturated rings. The standard InChI is InChI=1S/C12H24N2O3.C12H22N2O2.C7H16/c13-9-5-1-3-7-11(15)14-10-6-2-4-8-12(16)17;15-11-7-3-1-5-9-13-12(16)8-4-2-6-10-14-11;1-3-5-7-6-4-2/h1-10,13H2,(H,14,15)(H,16,17);1-10H2,(H,13,16)(H,14,15);3-7H2,1-2H3. The SMILES string of the molecule is CCCCCCC.NCCCCCC(=O)NCCCCCC(=O)O.O=C1CCCCCNC(=O)CCCCCN1. The Labute approximate surface area is 244 Å². The normalized spacial score (nSPS) is 14.7. The molecule has 1 saturated heterocycles. The molecule has 0 aliphatic carbocycles. The highest BCUT2D eigenvalue weighted by Gasteiger charge is 2.04. The van der Waals surface area contributed by atoms with Gasteiger partial charge in [-0.25, -0.2) is 0 Å². The topological polar surface area (TPSA) is 151 Å². The molecule has 1 heterocycles. The Bertz CT molecular complexity index is 569. The molecule has 3 amide bonds. The lowest BCUT2D eigenvalue weighted by Gasteiger charge is -2.08. The van der Waals surface area contributed by atoms with Gasteiger partial charge in [-0.1, -0.05) is 71.6 Å². The van der Waals surface area contributed by atoms with E-state index in [1.807, 2.05) is 0 Å². The molecular formula is C31H62N4O5. The van der Waals surface area contributed by atoms with E-state index in [9.17, 15) is 19.2 Å². The number of carboxylic acid groups (broad SMARTS) is 1. The number of hydrogen-bond donors (Lipinski definition) is 5. The van der Waals surface area contributed by atoms with Gasteiger partial charge in [-0.15, -0.1) is 0 Å². The molecule has 0 unspecified atom stereocenters. The van der Waals surface area contributed by atoms with Crippen LogP contribution in [0.25, 0.3) is 0 Å². The summed E-state index contributed by atoms with van der Waals surface area (Å²) in [6.45, 7) is 7.33. The second-order valence-electron chi connectivity index (χ2n) is 10.5. The van der Waals surface area contributed by atoms with E-state index in [1.165, 1.54) is 32.1 Å². The third-order valence-electron chi connectivity index (χ3n) is 6.51. The number of carbonyl (C=O) groups is 4. The van der Waals surface area contributed by atoms with Gasteiger partial charge in [0.2, 0.25) is 17.7 Å². The number of rotatable bonds is 15. The van der Waals surface area contributed by atoms with E-state index < -0.39 is 5.97 Å². The zero-order chi connectivity index (χ0) is 30.1. The summed E-state index contributed by atoms with van der Waals surface area (Å²) in [6, 6.07) is 0. The fourth-order valence-corrected chi connectivity index (χ4v) is 3.98. The molecule has 0 spiro atoms. The third kappa shape index (κ3) is 35.8. The van der Waals surface area contributed by atoms with Crippen molar-refractivity contribution in [3.05, 3.63) is 0 Å². The van der Waals surface area contributed by atoms with Gasteiger partial charge in [-0.05, 0) is 57.9 Å². The van der Waals surface area contributed by atoms with Crippen molar-refractivity contribution in [2.45, 2.75) is 149 Å². The maximum atomic E-state index is 11.3. The van der Waals surface area contributed by atoms with Crippen LogP contribution in [0.3, 0.4) is 0 Å². The molecular weight excluding hydrogens is 508 g/mol. The quantitative estimate of drug-likeness (QED) is 0.162. The van der Waals surface area contributed by atoms with Gasteiger partial charge in [0.1, 0.15) is 0 Å². The average Bonchev–Trinajstić information content (AvgIpc) is 2.93. The summed E-state index contributed by atoms with van der Waals surface area (Å²) >= 11 is 0. The molecule has 0 aromatic rings. The molecule has 6 N–H and O–H groups in total. The molecule has 0 bridgehead atoms. The van der Waals surface area contributed by atoms with Crippen LogP contribution < -0.4 is 21.7 Å². The molecule has 1 aliphatic rings. The van der Waals surface area contributed by atoms with Crippen LogP contribution in [0, 0.1) is 0 Å². The zero-order valence-corrected chi connectivity index (χ0v) is 25.8. The summed E-state index contributed by atoms with van der Waals surface area (Å²) in [6.07, 6.45) is 20.1. The van der Waals surface area contributed by atoms with E-state index >= 15 is 0 Å². The van der Waals surface area contributed by atoms with E-state index in [1.54, 1.807) is 0 Å². The Morgan fingerprint density at radius 2 is 1.20 bits per heavy atom. The van der Waals surface area contributed by atoms with Crippen LogP contribution in [0.15, 0.2) is 0 Å². The lowest BCUT2D eigenvalue weighted by Crippen LogP contribution is -2.26. The van der Waals surface area contributed by atoms with Crippen molar-refractivity contribution in [1.82, 2.24) is 16.0 Å². The average molecular weight is 571 g/mol. The number of aliphatic carboxylic acids is 1. The summed E-state index contributed by atoms with van der Waals surface area (Å²) in [5.41, 5.74) is 5.35. The number of carboxylic acids is 1. The molecule has 0 aromatic carbocycles. The monoisotopic (exact) mass is 570 g/mol. The zero-order valence-electron chi connectivity index (χ0n) is 25.8. The Morgan fingerprint density at radius 1 is 0.700 bits per heavy atom. The van der Waals surface area contributed by atoms with E-state index in [4.69, 9.17) is 10.8 Å². The summed E-state index contributed by atoms with van der Waals surface area (Å²) in [5, 5.41) is 17.1. The lowest BCUT2D eigenvalue weighted by atomic mass is 10.1. The van der Waals surface area contributed by atoms with Crippen molar-refractivity contribution in [3.8, 4) is 0 Å². The Hall–Kier alpha value is -2.16. The first-order valence-electron chi connectivity index (χ1n) is 16.1. The number of unbranched alkanes of at least 4 members (excludes halogenated alkanes) is 8. The molecule has 1 aliphatic heterocycles. The molecule has 0 aromatic heterocycles. The third-order valence-corrected chi connectivity index (χ3v) is 6.51. The maximum Gasteiger partial charge on any atom is 0.303 e. The van der Waals surface area contributed by atoms with Crippen molar-refractivity contribution in [3.63, 3.8) is 0 Å². The van der Waals surface area contributed by atoms with Crippen LogP contribution in [0.4, 0.5) is 0 Å². The van der Waals surface area contributed by atoms with Crippen molar-refractivity contribution in [2.75, 3.05) is 26.2 Å². The number of nitrogens with two attached hydrogens (primary N) is 1. The summed E-state index contributed by atoms with van der Waals surface area (Å²) < 4.78 is 0. The molecule has 236 valence electrons. The van der Waals surface area contributed by atoms with E-state index in [0.717, 1.165) is 83.7 Å². The fourth-order valence-electron chi connectivity index (χ4n) is 3.98. The van der Waals surface area contributed by atoms with Gasteiger partial charge in [-0.2, -0.15) is 0 Å². The summed E-state index contributed by atoms with van der Waals surface area (Å²) in [4.78, 5) is 44.2. The van der Waals surface area contributed by atoms with E-state index in [0.29, 0.717) is 38.8 Å². The van der Waals surface area contributed by atoms with Crippen LogP contribution in [0.2, 0.25) is 0 Å². The fraction of sp³-hybridized carbons (Fsp3) is 0.871. The molecule has 40 heavy (non-hydrogen) atoms. The van der Waals surface area contributed by atoms with Crippen LogP contribution in [-0.2, 0) is 19.2 Å². The van der Waals surface area contributed by atoms with Gasteiger partial charge in [0.05, 0.1) is 0 Å².